The van der Waals surface area contributed by atoms with E-state index in [4.69, 9.17) is 18.9 Å². The Morgan fingerprint density at radius 2 is 1.48 bits per heavy atom. The van der Waals surface area contributed by atoms with Gasteiger partial charge < -0.3 is 18.9 Å². The number of benzene rings is 1. The van der Waals surface area contributed by atoms with E-state index in [2.05, 4.69) is 0 Å². The Balaban J connectivity index is 2.90. The van der Waals surface area contributed by atoms with Gasteiger partial charge in [-0.25, -0.2) is 0 Å². The second-order valence-electron chi connectivity index (χ2n) is 4.96. The van der Waals surface area contributed by atoms with Gasteiger partial charge in [0.25, 0.3) is 0 Å². The van der Waals surface area contributed by atoms with Crippen molar-refractivity contribution in [2.75, 3.05) is 27.9 Å². The molecule has 0 saturated heterocycles. The average molecular weight is 324 g/mol. The first-order valence-corrected chi connectivity index (χ1v) is 7.52. The minimum Gasteiger partial charge on any atom is -0.493 e. The van der Waals surface area contributed by atoms with Crippen molar-refractivity contribution in [1.82, 2.24) is 0 Å². The van der Waals surface area contributed by atoms with Gasteiger partial charge in [0.05, 0.1) is 27.2 Å². The van der Waals surface area contributed by atoms with Crippen LogP contribution >= 0.6 is 0 Å². The van der Waals surface area contributed by atoms with E-state index in [1.54, 1.807) is 0 Å². The summed E-state index contributed by atoms with van der Waals surface area (Å²) < 4.78 is 20.7. The van der Waals surface area contributed by atoms with E-state index >= 15 is 0 Å². The van der Waals surface area contributed by atoms with Gasteiger partial charge in [-0.1, -0.05) is 13.8 Å². The van der Waals surface area contributed by atoms with Crippen LogP contribution in [0.4, 0.5) is 0 Å². The third-order valence-electron chi connectivity index (χ3n) is 3.65. The molecule has 128 valence electrons. The highest BCUT2D eigenvalue weighted by Gasteiger charge is 2.20. The van der Waals surface area contributed by atoms with Crippen LogP contribution in [0, 0.1) is 5.92 Å². The summed E-state index contributed by atoms with van der Waals surface area (Å²) in [5, 5.41) is 0. The summed E-state index contributed by atoms with van der Waals surface area (Å²) in [5.41, 5.74) is 0.330. The van der Waals surface area contributed by atoms with Crippen LogP contribution in [0.3, 0.4) is 0 Å². The van der Waals surface area contributed by atoms with E-state index in [9.17, 15) is 9.59 Å². The highest BCUT2D eigenvalue weighted by Crippen LogP contribution is 2.38. The fraction of sp³-hybridized carbons (Fsp3) is 0.529. The van der Waals surface area contributed by atoms with Gasteiger partial charge in [-0.2, -0.15) is 0 Å². The number of methoxy groups -OCH3 is 3. The first kappa shape index (κ1) is 18.8. The van der Waals surface area contributed by atoms with Crippen molar-refractivity contribution in [3.8, 4) is 17.2 Å². The van der Waals surface area contributed by atoms with Gasteiger partial charge in [0, 0.05) is 5.56 Å². The largest absolute Gasteiger partial charge is 0.493 e. The molecule has 0 aromatic heterocycles. The van der Waals surface area contributed by atoms with E-state index in [0.717, 1.165) is 0 Å². The zero-order valence-electron chi connectivity index (χ0n) is 14.3. The molecule has 0 radical (unpaired) electrons. The van der Waals surface area contributed by atoms with E-state index in [1.165, 1.54) is 33.5 Å². The Morgan fingerprint density at radius 1 is 0.957 bits per heavy atom. The monoisotopic (exact) mass is 324 g/mol. The lowest BCUT2D eigenvalue weighted by molar-refractivity contribution is -0.147. The third kappa shape index (κ3) is 4.61. The van der Waals surface area contributed by atoms with Gasteiger partial charge in [0.2, 0.25) is 11.5 Å². The normalized spacial score (nSPS) is 10.3. The van der Waals surface area contributed by atoms with Crippen LogP contribution < -0.4 is 14.2 Å². The number of esters is 1. The van der Waals surface area contributed by atoms with Crippen LogP contribution in [-0.4, -0.2) is 39.7 Å². The Kier molecular flexibility index (Phi) is 7.38. The zero-order valence-corrected chi connectivity index (χ0v) is 14.3. The van der Waals surface area contributed by atoms with Gasteiger partial charge >= 0.3 is 5.97 Å². The summed E-state index contributed by atoms with van der Waals surface area (Å²) in [6, 6.07) is 3.07. The van der Waals surface area contributed by atoms with Crippen molar-refractivity contribution in [2.24, 2.45) is 5.92 Å². The lowest BCUT2D eigenvalue weighted by atomic mass is 10.0. The Morgan fingerprint density at radius 3 is 1.87 bits per heavy atom. The van der Waals surface area contributed by atoms with Crippen LogP contribution in [0.5, 0.6) is 17.2 Å². The Labute approximate surface area is 136 Å². The maximum absolute atomic E-state index is 12.3. The van der Waals surface area contributed by atoms with Crippen molar-refractivity contribution in [3.63, 3.8) is 0 Å². The average Bonchev–Trinajstić information content (AvgIpc) is 2.59. The molecule has 0 heterocycles. The maximum Gasteiger partial charge on any atom is 0.309 e. The molecule has 0 saturated carbocycles. The topological polar surface area (TPSA) is 71.1 Å². The van der Waals surface area contributed by atoms with Gasteiger partial charge in [-0.15, -0.1) is 0 Å². The van der Waals surface area contributed by atoms with E-state index < -0.39 is 0 Å². The molecule has 1 aromatic rings. The molecule has 0 aliphatic rings. The highest BCUT2D eigenvalue weighted by atomic mass is 16.5. The third-order valence-corrected chi connectivity index (χ3v) is 3.65. The molecule has 1 rings (SSSR count). The summed E-state index contributed by atoms with van der Waals surface area (Å²) in [6.45, 7) is 3.51. The number of carbonyl (C=O) groups excluding carboxylic acids is 2. The fourth-order valence-corrected chi connectivity index (χ4v) is 2.20. The van der Waals surface area contributed by atoms with Gasteiger partial charge in [-0.3, -0.25) is 9.59 Å². The molecular weight excluding hydrogens is 300 g/mol. The molecule has 0 bridgehead atoms. The number of rotatable bonds is 9. The first-order valence-electron chi connectivity index (χ1n) is 7.52. The standard InChI is InChI=1S/C17H24O6/c1-6-11(7-2)17(19)23-10-13(18)12-8-14(20-3)16(22-5)15(9-12)21-4/h8-9,11H,6-7,10H2,1-5H3. The lowest BCUT2D eigenvalue weighted by Crippen LogP contribution is -2.20. The molecule has 0 aliphatic heterocycles. The van der Waals surface area contributed by atoms with Gasteiger partial charge in [-0.05, 0) is 25.0 Å². The number of carbonyl (C=O) groups is 2. The number of ether oxygens (including phenoxy) is 4. The molecule has 0 fully saturated rings. The molecular formula is C17H24O6. The van der Waals surface area contributed by atoms with Crippen LogP contribution in [0.15, 0.2) is 12.1 Å². The van der Waals surface area contributed by atoms with Crippen LogP contribution in [0.1, 0.15) is 37.0 Å². The minimum atomic E-state index is -0.351. The number of hydrogen-bond acceptors (Lipinski definition) is 6. The molecule has 0 N–H and O–H groups in total. The highest BCUT2D eigenvalue weighted by molar-refractivity contribution is 5.99. The molecule has 0 unspecified atom stereocenters. The molecule has 1 aromatic carbocycles. The van der Waals surface area contributed by atoms with E-state index in [0.29, 0.717) is 35.7 Å². The SMILES string of the molecule is CCC(CC)C(=O)OCC(=O)c1cc(OC)c(OC)c(OC)c1. The number of hydrogen-bond donors (Lipinski definition) is 0. The van der Waals surface area contributed by atoms with Crippen LogP contribution in [0.25, 0.3) is 0 Å². The van der Waals surface area contributed by atoms with Gasteiger partial charge in [0.1, 0.15) is 0 Å². The molecule has 6 nitrogen and oxygen atoms in total. The summed E-state index contributed by atoms with van der Waals surface area (Å²) in [6.07, 6.45) is 1.38. The summed E-state index contributed by atoms with van der Waals surface area (Å²) in [4.78, 5) is 24.1. The number of ketones is 1. The first-order chi connectivity index (χ1) is 11.0. The molecule has 0 aliphatic carbocycles. The Bertz CT molecular complexity index is 523. The van der Waals surface area contributed by atoms with Crippen LogP contribution in [-0.2, 0) is 9.53 Å². The minimum absolute atomic E-state index is 0.178. The predicted octanol–water partition coefficient (Wildman–Crippen LogP) is 2.87. The molecule has 0 spiro atoms. The van der Waals surface area contributed by atoms with Crippen LogP contribution in [0.2, 0.25) is 0 Å². The van der Waals surface area contributed by atoms with E-state index in [-0.39, 0.29) is 24.3 Å². The fourth-order valence-electron chi connectivity index (χ4n) is 2.20. The molecule has 0 atom stereocenters. The lowest BCUT2D eigenvalue weighted by Gasteiger charge is -2.14. The summed E-state index contributed by atoms with van der Waals surface area (Å²) in [5.74, 6) is 0.297. The predicted molar refractivity (Wildman–Crippen MR) is 85.5 cm³/mol. The Hall–Kier alpha value is -2.24. The summed E-state index contributed by atoms with van der Waals surface area (Å²) >= 11 is 0. The second kappa shape index (κ2) is 9.02. The van der Waals surface area contributed by atoms with Crippen molar-refractivity contribution >= 4 is 11.8 Å². The quantitative estimate of drug-likeness (QED) is 0.514. The van der Waals surface area contributed by atoms with Crippen molar-refractivity contribution < 1.29 is 28.5 Å². The van der Waals surface area contributed by atoms with Crippen molar-refractivity contribution in [1.29, 1.82) is 0 Å². The molecule has 23 heavy (non-hydrogen) atoms. The van der Waals surface area contributed by atoms with Crippen molar-refractivity contribution in [3.05, 3.63) is 17.7 Å². The molecule has 6 heteroatoms. The maximum atomic E-state index is 12.3. The van der Waals surface area contributed by atoms with Crippen molar-refractivity contribution in [2.45, 2.75) is 26.7 Å². The molecule has 0 amide bonds. The number of Topliss-reactive ketones (excluding diaryl/α,β-unsaturated/α-hetero) is 1. The zero-order chi connectivity index (χ0) is 17.4. The smallest absolute Gasteiger partial charge is 0.309 e. The summed E-state index contributed by atoms with van der Waals surface area (Å²) in [7, 11) is 4.43. The van der Waals surface area contributed by atoms with E-state index in [1.807, 2.05) is 13.8 Å². The second-order valence-corrected chi connectivity index (χ2v) is 4.96. The van der Waals surface area contributed by atoms with Gasteiger partial charge in [0.15, 0.2) is 18.1 Å².